The van der Waals surface area contributed by atoms with Crippen LogP contribution in [0, 0.1) is 5.92 Å². The normalized spacial score (nSPS) is 19.0. The van der Waals surface area contributed by atoms with Gasteiger partial charge in [0.25, 0.3) is 0 Å². The van der Waals surface area contributed by atoms with Crippen LogP contribution in [-0.2, 0) is 6.61 Å². The molecule has 1 aliphatic rings. The van der Waals surface area contributed by atoms with Crippen LogP contribution in [-0.4, -0.2) is 27.8 Å². The second-order valence-corrected chi connectivity index (χ2v) is 8.31. The molecule has 2 unspecified atom stereocenters. The summed E-state index contributed by atoms with van der Waals surface area (Å²) in [5.74, 6) is 1.56. The number of ether oxygens (including phenoxy) is 1. The molecule has 1 heterocycles. The first-order chi connectivity index (χ1) is 15.1. The van der Waals surface area contributed by atoms with E-state index in [1.54, 1.807) is 0 Å². The van der Waals surface area contributed by atoms with Crippen LogP contribution in [0.25, 0.3) is 10.9 Å². The number of benzene rings is 2. The maximum Gasteiger partial charge on any atom is 0.338 e. The summed E-state index contributed by atoms with van der Waals surface area (Å²) in [5.41, 5.74) is 8.26. The highest BCUT2D eigenvalue weighted by atomic mass is 16.5. The molecule has 2 amide bonds. The first kappa shape index (κ1) is 21.1. The smallest absolute Gasteiger partial charge is 0.338 e. The summed E-state index contributed by atoms with van der Waals surface area (Å²) in [6, 6.07) is 19.6. The van der Waals surface area contributed by atoms with Crippen molar-refractivity contribution in [1.82, 2.24) is 10.0 Å². The van der Waals surface area contributed by atoms with Gasteiger partial charge in [0.2, 0.25) is 0 Å². The molecule has 0 radical (unpaired) electrons. The molecular weight excluding hydrogens is 390 g/mol. The first-order valence-electron chi connectivity index (χ1n) is 10.9. The molecule has 1 saturated carbocycles. The third kappa shape index (κ3) is 5.33. The number of pyridine rings is 1. The third-order valence-electron chi connectivity index (χ3n) is 6.16. The van der Waals surface area contributed by atoms with Crippen LogP contribution in [0.4, 0.5) is 4.79 Å². The number of carbonyl (C=O) groups is 1. The number of para-hydroxylation sites is 2. The molecule has 1 aliphatic carbocycles. The van der Waals surface area contributed by atoms with Gasteiger partial charge in [-0.15, -0.1) is 0 Å². The summed E-state index contributed by atoms with van der Waals surface area (Å²) in [6.07, 6.45) is 5.02. The van der Waals surface area contributed by atoms with Crippen molar-refractivity contribution >= 4 is 16.9 Å². The summed E-state index contributed by atoms with van der Waals surface area (Å²) in [5, 5.41) is 11.4. The Hall–Kier alpha value is -3.12. The molecule has 6 nitrogen and oxygen atoms in total. The molecule has 0 aliphatic heterocycles. The van der Waals surface area contributed by atoms with Crippen molar-refractivity contribution in [2.75, 3.05) is 6.54 Å². The molecule has 31 heavy (non-hydrogen) atoms. The zero-order chi connectivity index (χ0) is 21.6. The van der Waals surface area contributed by atoms with E-state index >= 15 is 0 Å². The number of carbonyl (C=O) groups excluding carboxylic acids is 1. The minimum Gasteiger partial charge on any atom is -0.487 e. The highest BCUT2D eigenvalue weighted by Gasteiger charge is 2.24. The summed E-state index contributed by atoms with van der Waals surface area (Å²) in [6.45, 7) is 0.725. The number of nitrogens with two attached hydrogens (primary N) is 1. The number of urea groups is 1. The van der Waals surface area contributed by atoms with E-state index in [1.807, 2.05) is 36.4 Å². The predicted molar refractivity (Wildman–Crippen MR) is 120 cm³/mol. The molecule has 162 valence electrons. The number of fused-ring (bicyclic) bond motifs is 1. The van der Waals surface area contributed by atoms with E-state index < -0.39 is 6.03 Å². The van der Waals surface area contributed by atoms with Gasteiger partial charge in [0, 0.05) is 5.39 Å². The Morgan fingerprint density at radius 1 is 1.03 bits per heavy atom. The molecule has 4 rings (SSSR count). The minimum atomic E-state index is -0.790. The van der Waals surface area contributed by atoms with Gasteiger partial charge in [-0.3, -0.25) is 5.21 Å². The summed E-state index contributed by atoms with van der Waals surface area (Å²) in [4.78, 5) is 15.8. The van der Waals surface area contributed by atoms with Gasteiger partial charge in [0.15, 0.2) is 0 Å². The molecule has 6 heteroatoms. The number of hydroxylamine groups is 2. The summed E-state index contributed by atoms with van der Waals surface area (Å²) in [7, 11) is 0. The van der Waals surface area contributed by atoms with Crippen molar-refractivity contribution in [1.29, 1.82) is 0 Å². The van der Waals surface area contributed by atoms with E-state index in [-0.39, 0.29) is 5.92 Å². The Kier molecular flexibility index (Phi) is 6.67. The van der Waals surface area contributed by atoms with Crippen LogP contribution in [0.15, 0.2) is 60.7 Å². The lowest BCUT2D eigenvalue weighted by atomic mass is 9.90. The number of aromatic nitrogens is 1. The Bertz CT molecular complexity index is 1040. The Labute approximate surface area is 182 Å². The second-order valence-electron chi connectivity index (χ2n) is 8.31. The SMILES string of the molecule is NC(=O)N(O)CC1CCCC(c2ccccc2OCc2ccc3ccccc3n2)CC1. The molecule has 3 aromatic rings. The van der Waals surface area contributed by atoms with Crippen molar-refractivity contribution in [3.05, 3.63) is 71.9 Å². The fraction of sp³-hybridized carbons (Fsp3) is 0.360. The average Bonchev–Trinajstić information content (AvgIpc) is 3.03. The van der Waals surface area contributed by atoms with Crippen molar-refractivity contribution in [3.63, 3.8) is 0 Å². The average molecular weight is 420 g/mol. The lowest BCUT2D eigenvalue weighted by Gasteiger charge is -2.21. The van der Waals surface area contributed by atoms with Crippen molar-refractivity contribution in [2.24, 2.45) is 11.7 Å². The highest BCUT2D eigenvalue weighted by molar-refractivity contribution is 5.78. The fourth-order valence-corrected chi connectivity index (χ4v) is 4.50. The van der Waals surface area contributed by atoms with Crippen molar-refractivity contribution in [3.8, 4) is 5.75 Å². The van der Waals surface area contributed by atoms with Crippen LogP contribution < -0.4 is 10.5 Å². The standard InChI is InChI=1S/C25H29N3O3/c26-25(29)28(30)16-18-6-5-8-19(13-12-18)22-9-2-4-11-24(22)31-17-21-15-14-20-7-1-3-10-23(20)27-21/h1-4,7,9-11,14-15,18-19,30H,5-6,8,12-13,16-17H2,(H2,26,29). The minimum absolute atomic E-state index is 0.261. The number of hydrogen-bond acceptors (Lipinski definition) is 4. The van der Waals surface area contributed by atoms with Crippen LogP contribution >= 0.6 is 0 Å². The van der Waals surface area contributed by atoms with E-state index in [4.69, 9.17) is 15.5 Å². The van der Waals surface area contributed by atoms with E-state index in [0.717, 1.165) is 54.5 Å². The lowest BCUT2D eigenvalue weighted by molar-refractivity contribution is -0.0518. The Balaban J connectivity index is 1.42. The molecule has 2 atom stereocenters. The molecular formula is C25H29N3O3. The monoisotopic (exact) mass is 419 g/mol. The maximum absolute atomic E-state index is 11.1. The number of rotatable bonds is 6. The lowest BCUT2D eigenvalue weighted by Crippen LogP contribution is -2.36. The number of amides is 2. The van der Waals surface area contributed by atoms with Gasteiger partial charge in [0.05, 0.1) is 17.8 Å². The Morgan fingerprint density at radius 2 is 1.84 bits per heavy atom. The summed E-state index contributed by atoms with van der Waals surface area (Å²) >= 11 is 0. The second kappa shape index (κ2) is 9.79. The number of nitrogens with zero attached hydrogens (tertiary/aromatic N) is 2. The summed E-state index contributed by atoms with van der Waals surface area (Å²) < 4.78 is 6.22. The van der Waals surface area contributed by atoms with Gasteiger partial charge in [-0.05, 0) is 61.3 Å². The molecule has 2 aromatic carbocycles. The number of hydrogen-bond donors (Lipinski definition) is 2. The Morgan fingerprint density at radius 3 is 2.71 bits per heavy atom. The highest BCUT2D eigenvalue weighted by Crippen LogP contribution is 2.38. The van der Waals surface area contributed by atoms with Crippen LogP contribution in [0.5, 0.6) is 5.75 Å². The van der Waals surface area contributed by atoms with Crippen LogP contribution in [0.1, 0.15) is 49.3 Å². The van der Waals surface area contributed by atoms with Gasteiger partial charge in [-0.1, -0.05) is 48.9 Å². The molecule has 0 bridgehead atoms. The number of primary amides is 1. The molecule has 0 saturated heterocycles. The van der Waals surface area contributed by atoms with Gasteiger partial charge in [-0.25, -0.2) is 14.8 Å². The van der Waals surface area contributed by atoms with Gasteiger partial charge < -0.3 is 10.5 Å². The maximum atomic E-state index is 11.1. The third-order valence-corrected chi connectivity index (χ3v) is 6.16. The van der Waals surface area contributed by atoms with E-state index in [0.29, 0.717) is 24.1 Å². The van der Waals surface area contributed by atoms with Gasteiger partial charge in [0.1, 0.15) is 12.4 Å². The zero-order valence-electron chi connectivity index (χ0n) is 17.6. The molecule has 0 spiro atoms. The quantitative estimate of drug-likeness (QED) is 0.324. The largest absolute Gasteiger partial charge is 0.487 e. The van der Waals surface area contributed by atoms with Crippen molar-refractivity contribution < 1.29 is 14.7 Å². The van der Waals surface area contributed by atoms with Crippen LogP contribution in [0.2, 0.25) is 0 Å². The van der Waals surface area contributed by atoms with Crippen LogP contribution in [0.3, 0.4) is 0 Å². The van der Waals surface area contributed by atoms with Gasteiger partial charge >= 0.3 is 6.03 Å². The van der Waals surface area contributed by atoms with E-state index in [2.05, 4.69) is 24.3 Å². The van der Waals surface area contributed by atoms with Gasteiger partial charge in [-0.2, -0.15) is 0 Å². The van der Waals surface area contributed by atoms with Crippen molar-refractivity contribution in [2.45, 2.75) is 44.6 Å². The molecule has 3 N–H and O–H groups in total. The van der Waals surface area contributed by atoms with E-state index in [1.165, 1.54) is 5.56 Å². The molecule has 1 fully saturated rings. The van der Waals surface area contributed by atoms with E-state index in [9.17, 15) is 10.0 Å². The first-order valence-corrected chi connectivity index (χ1v) is 10.9. The molecule has 1 aromatic heterocycles. The predicted octanol–water partition coefficient (Wildman–Crippen LogP) is 5.25. The zero-order valence-corrected chi connectivity index (χ0v) is 17.6. The fourth-order valence-electron chi connectivity index (χ4n) is 4.50. The topological polar surface area (TPSA) is 88.7 Å².